The molecule has 1 atom stereocenters. The Morgan fingerprint density at radius 2 is 2.14 bits per heavy atom. The van der Waals surface area contributed by atoms with Crippen molar-refractivity contribution in [2.24, 2.45) is 17.1 Å². The van der Waals surface area contributed by atoms with Crippen molar-refractivity contribution in [1.29, 1.82) is 0 Å². The zero-order chi connectivity index (χ0) is 15.6. The molecular formula is C18H32N2O. The van der Waals surface area contributed by atoms with Crippen molar-refractivity contribution in [3.8, 4) is 0 Å². The fraction of sp³-hybridized carbons (Fsp3) is 0.778. The van der Waals surface area contributed by atoms with Crippen LogP contribution in [0, 0.1) is 18.3 Å². The average molecular weight is 292 g/mol. The Morgan fingerprint density at radius 3 is 2.81 bits per heavy atom. The van der Waals surface area contributed by atoms with Crippen molar-refractivity contribution in [1.82, 2.24) is 4.57 Å². The molecule has 120 valence electrons. The standard InChI is InChI=1S/C18H32N2O/c1-13(2)12-21-8-6-7-20-14(3)9-15-16(19)10-18(4,5)11-17(15)20/h9,13,16H,6-8,10-12,19H2,1-5H3. The Labute approximate surface area is 129 Å². The highest BCUT2D eigenvalue weighted by molar-refractivity contribution is 5.34. The topological polar surface area (TPSA) is 40.2 Å². The maximum absolute atomic E-state index is 6.38. The summed E-state index contributed by atoms with van der Waals surface area (Å²) in [6, 6.07) is 2.49. The van der Waals surface area contributed by atoms with Crippen LogP contribution >= 0.6 is 0 Å². The van der Waals surface area contributed by atoms with E-state index >= 15 is 0 Å². The van der Waals surface area contributed by atoms with Gasteiger partial charge in [0.25, 0.3) is 0 Å². The van der Waals surface area contributed by atoms with E-state index in [0.717, 1.165) is 39.0 Å². The first-order valence-electron chi connectivity index (χ1n) is 8.32. The summed E-state index contributed by atoms with van der Waals surface area (Å²) >= 11 is 0. The van der Waals surface area contributed by atoms with E-state index in [1.165, 1.54) is 17.0 Å². The molecule has 1 unspecified atom stereocenters. The number of rotatable bonds is 6. The van der Waals surface area contributed by atoms with Crippen LogP contribution in [-0.2, 0) is 17.7 Å². The van der Waals surface area contributed by atoms with Gasteiger partial charge in [-0.1, -0.05) is 27.7 Å². The van der Waals surface area contributed by atoms with E-state index < -0.39 is 0 Å². The largest absolute Gasteiger partial charge is 0.381 e. The van der Waals surface area contributed by atoms with Crippen LogP contribution in [0.1, 0.15) is 63.5 Å². The Kier molecular flexibility index (Phi) is 5.15. The van der Waals surface area contributed by atoms with Crippen LogP contribution in [0.4, 0.5) is 0 Å². The first-order valence-corrected chi connectivity index (χ1v) is 8.32. The molecule has 3 heteroatoms. The van der Waals surface area contributed by atoms with Gasteiger partial charge in [0.2, 0.25) is 0 Å². The number of hydrogen-bond acceptors (Lipinski definition) is 2. The Bertz CT molecular complexity index is 474. The highest BCUT2D eigenvalue weighted by Crippen LogP contribution is 2.40. The predicted molar refractivity (Wildman–Crippen MR) is 88.5 cm³/mol. The Hall–Kier alpha value is -0.800. The molecular weight excluding hydrogens is 260 g/mol. The zero-order valence-corrected chi connectivity index (χ0v) is 14.4. The molecule has 0 amide bonds. The van der Waals surface area contributed by atoms with Crippen LogP contribution in [0.25, 0.3) is 0 Å². The van der Waals surface area contributed by atoms with Gasteiger partial charge < -0.3 is 15.0 Å². The second-order valence-electron chi connectivity index (χ2n) is 7.81. The van der Waals surface area contributed by atoms with Crippen molar-refractivity contribution >= 4 is 0 Å². The maximum atomic E-state index is 6.38. The first-order chi connectivity index (χ1) is 9.80. The molecule has 0 saturated carbocycles. The molecule has 0 radical (unpaired) electrons. The van der Waals surface area contributed by atoms with Gasteiger partial charge in [0.15, 0.2) is 0 Å². The molecule has 2 rings (SSSR count). The summed E-state index contributed by atoms with van der Waals surface area (Å²) in [6.07, 6.45) is 3.29. The highest BCUT2D eigenvalue weighted by atomic mass is 16.5. The van der Waals surface area contributed by atoms with Crippen molar-refractivity contribution in [3.63, 3.8) is 0 Å². The fourth-order valence-corrected chi connectivity index (χ4v) is 3.46. The van der Waals surface area contributed by atoms with Crippen LogP contribution in [0.3, 0.4) is 0 Å². The number of aromatic nitrogens is 1. The summed E-state index contributed by atoms with van der Waals surface area (Å²) in [5.41, 5.74) is 10.9. The quantitative estimate of drug-likeness (QED) is 0.809. The second kappa shape index (κ2) is 6.53. The van der Waals surface area contributed by atoms with Crippen molar-refractivity contribution < 1.29 is 4.74 Å². The van der Waals surface area contributed by atoms with E-state index in [1.807, 2.05) is 0 Å². The molecule has 0 aliphatic heterocycles. The van der Waals surface area contributed by atoms with Gasteiger partial charge in [-0.05, 0) is 49.1 Å². The van der Waals surface area contributed by atoms with E-state index in [1.54, 1.807) is 0 Å². The molecule has 21 heavy (non-hydrogen) atoms. The molecule has 3 nitrogen and oxygen atoms in total. The normalized spacial score (nSPS) is 20.8. The number of aryl methyl sites for hydroxylation is 1. The molecule has 1 aliphatic rings. The average Bonchev–Trinajstić information content (AvgIpc) is 2.65. The van der Waals surface area contributed by atoms with Gasteiger partial charge >= 0.3 is 0 Å². The second-order valence-corrected chi connectivity index (χ2v) is 7.81. The van der Waals surface area contributed by atoms with Gasteiger partial charge in [-0.25, -0.2) is 0 Å². The molecule has 0 bridgehead atoms. The minimum atomic E-state index is 0.195. The summed E-state index contributed by atoms with van der Waals surface area (Å²) in [5.74, 6) is 0.616. The fourth-order valence-electron chi connectivity index (χ4n) is 3.46. The molecule has 1 aromatic heterocycles. The maximum Gasteiger partial charge on any atom is 0.0489 e. The van der Waals surface area contributed by atoms with Gasteiger partial charge in [-0.15, -0.1) is 0 Å². The summed E-state index contributed by atoms with van der Waals surface area (Å²) in [5, 5.41) is 0. The lowest BCUT2D eigenvalue weighted by molar-refractivity contribution is 0.105. The van der Waals surface area contributed by atoms with Crippen LogP contribution in [-0.4, -0.2) is 17.8 Å². The molecule has 0 spiro atoms. The van der Waals surface area contributed by atoms with Crippen molar-refractivity contribution in [2.45, 2.75) is 66.5 Å². The monoisotopic (exact) mass is 292 g/mol. The van der Waals surface area contributed by atoms with Gasteiger partial charge in [0.05, 0.1) is 0 Å². The van der Waals surface area contributed by atoms with Gasteiger partial charge in [-0.2, -0.15) is 0 Å². The van der Waals surface area contributed by atoms with Crippen molar-refractivity contribution in [3.05, 3.63) is 23.0 Å². The van der Waals surface area contributed by atoms with E-state index in [-0.39, 0.29) is 6.04 Å². The third-order valence-corrected chi connectivity index (χ3v) is 4.39. The smallest absolute Gasteiger partial charge is 0.0489 e. The molecule has 1 heterocycles. The number of hydrogen-bond donors (Lipinski definition) is 1. The van der Waals surface area contributed by atoms with E-state index in [4.69, 9.17) is 10.5 Å². The minimum absolute atomic E-state index is 0.195. The van der Waals surface area contributed by atoms with Crippen LogP contribution in [0.15, 0.2) is 6.07 Å². The first kappa shape index (κ1) is 16.6. The molecule has 2 N–H and O–H groups in total. The minimum Gasteiger partial charge on any atom is -0.381 e. The molecule has 0 aromatic carbocycles. The van der Waals surface area contributed by atoms with Gasteiger partial charge in [0, 0.05) is 37.2 Å². The lowest BCUT2D eigenvalue weighted by Crippen LogP contribution is -2.30. The van der Waals surface area contributed by atoms with Crippen LogP contribution in [0.2, 0.25) is 0 Å². The molecule has 1 aromatic rings. The Balaban J connectivity index is 2.01. The molecule has 0 fully saturated rings. The molecule has 0 saturated heterocycles. The SMILES string of the molecule is Cc1cc2c(n1CCCOCC(C)C)CC(C)(C)CC2N. The van der Waals surface area contributed by atoms with Crippen LogP contribution < -0.4 is 5.73 Å². The number of ether oxygens (including phenoxy) is 1. The summed E-state index contributed by atoms with van der Waals surface area (Å²) in [7, 11) is 0. The van der Waals surface area contributed by atoms with E-state index in [9.17, 15) is 0 Å². The third-order valence-electron chi connectivity index (χ3n) is 4.39. The van der Waals surface area contributed by atoms with Gasteiger partial charge in [0.1, 0.15) is 0 Å². The summed E-state index contributed by atoms with van der Waals surface area (Å²) in [4.78, 5) is 0. The van der Waals surface area contributed by atoms with Crippen LogP contribution in [0.5, 0.6) is 0 Å². The highest BCUT2D eigenvalue weighted by Gasteiger charge is 2.33. The van der Waals surface area contributed by atoms with Crippen molar-refractivity contribution in [2.75, 3.05) is 13.2 Å². The lowest BCUT2D eigenvalue weighted by Gasteiger charge is -2.34. The van der Waals surface area contributed by atoms with Gasteiger partial charge in [-0.3, -0.25) is 0 Å². The third kappa shape index (κ3) is 4.10. The zero-order valence-electron chi connectivity index (χ0n) is 14.4. The predicted octanol–water partition coefficient (Wildman–Crippen LogP) is 3.83. The summed E-state index contributed by atoms with van der Waals surface area (Å²) in [6.45, 7) is 14.0. The Morgan fingerprint density at radius 1 is 1.43 bits per heavy atom. The molecule has 1 aliphatic carbocycles. The number of nitrogens with zero attached hydrogens (tertiary/aromatic N) is 1. The number of nitrogens with two attached hydrogens (primary N) is 1. The lowest BCUT2D eigenvalue weighted by atomic mass is 9.74. The summed E-state index contributed by atoms with van der Waals surface area (Å²) < 4.78 is 8.17. The van der Waals surface area contributed by atoms with E-state index in [2.05, 4.69) is 45.3 Å². The number of fused-ring (bicyclic) bond motifs is 1. The van der Waals surface area contributed by atoms with E-state index in [0.29, 0.717) is 11.3 Å².